The summed E-state index contributed by atoms with van der Waals surface area (Å²) < 4.78 is 24.1. The average Bonchev–Trinajstić information content (AvgIpc) is 2.26. The van der Waals surface area contributed by atoms with Crippen molar-refractivity contribution in [1.82, 2.24) is 0 Å². The molecular weight excluding hydrogens is 441 g/mol. The Hall–Kier alpha value is -0.120. The molecule has 0 aliphatic heterocycles. The Labute approximate surface area is 120 Å². The topological polar surface area (TPSA) is 35.5 Å². The lowest BCUT2D eigenvalue weighted by Crippen LogP contribution is -2.08. The number of ether oxygens (including phenoxy) is 2. The number of rotatable bonds is 3. The molecule has 6 heteroatoms. The van der Waals surface area contributed by atoms with Gasteiger partial charge in [-0.2, -0.15) is 0 Å². The minimum atomic E-state index is -0.378. The van der Waals surface area contributed by atoms with Crippen molar-refractivity contribution in [3.05, 3.63) is 24.6 Å². The van der Waals surface area contributed by atoms with E-state index in [1.807, 2.05) is 45.2 Å². The molecule has 1 aromatic carbocycles. The van der Waals surface area contributed by atoms with Crippen LogP contribution >= 0.6 is 45.2 Å². The van der Waals surface area contributed by atoms with Gasteiger partial charge >= 0.3 is 5.97 Å². The largest absolute Gasteiger partial charge is 0.495 e. The molecule has 16 heavy (non-hydrogen) atoms. The van der Waals surface area contributed by atoms with E-state index in [1.54, 1.807) is 6.07 Å². The molecule has 0 saturated carbocycles. The lowest BCUT2D eigenvalue weighted by atomic mass is 10.1. The van der Waals surface area contributed by atoms with Gasteiger partial charge in [-0.15, -0.1) is 0 Å². The summed E-state index contributed by atoms with van der Waals surface area (Å²) in [6.07, 6.45) is 0.0754. The van der Waals surface area contributed by atoms with Crippen LogP contribution in [0.15, 0.2) is 6.07 Å². The van der Waals surface area contributed by atoms with Crippen molar-refractivity contribution in [2.75, 3.05) is 14.2 Å². The summed E-state index contributed by atoms with van der Waals surface area (Å²) in [4.78, 5) is 11.2. The molecule has 0 aromatic heterocycles. The van der Waals surface area contributed by atoms with Crippen molar-refractivity contribution >= 4 is 51.2 Å². The van der Waals surface area contributed by atoms with Gasteiger partial charge in [-0.05, 0) is 51.2 Å². The number of hydrogen-bond acceptors (Lipinski definition) is 3. The second-order valence-electron chi connectivity index (χ2n) is 2.93. The van der Waals surface area contributed by atoms with Gasteiger partial charge in [-0.25, -0.2) is 4.39 Å². The van der Waals surface area contributed by atoms with Crippen molar-refractivity contribution in [3.8, 4) is 5.75 Å². The summed E-state index contributed by atoms with van der Waals surface area (Å²) in [6.45, 7) is 0. The summed E-state index contributed by atoms with van der Waals surface area (Å²) in [6, 6.07) is 1.59. The van der Waals surface area contributed by atoms with Crippen LogP contribution in [0.5, 0.6) is 5.75 Å². The highest BCUT2D eigenvalue weighted by Gasteiger charge is 2.18. The van der Waals surface area contributed by atoms with Crippen LogP contribution in [-0.4, -0.2) is 20.2 Å². The molecule has 88 valence electrons. The maximum Gasteiger partial charge on any atom is 0.310 e. The van der Waals surface area contributed by atoms with Gasteiger partial charge in [0.2, 0.25) is 0 Å². The van der Waals surface area contributed by atoms with E-state index in [1.165, 1.54) is 14.2 Å². The van der Waals surface area contributed by atoms with E-state index in [9.17, 15) is 9.18 Å². The van der Waals surface area contributed by atoms with E-state index < -0.39 is 0 Å². The first-order valence-electron chi connectivity index (χ1n) is 4.28. The molecule has 3 nitrogen and oxygen atoms in total. The van der Waals surface area contributed by atoms with Crippen LogP contribution in [0.2, 0.25) is 0 Å². The van der Waals surface area contributed by atoms with E-state index >= 15 is 0 Å². The first kappa shape index (κ1) is 13.9. The zero-order chi connectivity index (χ0) is 12.3. The normalized spacial score (nSPS) is 10.1. The SMILES string of the molecule is COC(=O)Cc1cc(I)c(F)c(I)c1OC. The smallest absolute Gasteiger partial charge is 0.310 e. The summed E-state index contributed by atoms with van der Waals surface area (Å²) in [5.74, 6) is -0.313. The highest BCUT2D eigenvalue weighted by atomic mass is 127. The third-order valence-corrected chi connectivity index (χ3v) is 3.71. The van der Waals surface area contributed by atoms with E-state index in [4.69, 9.17) is 4.74 Å². The number of carbonyl (C=O) groups is 1. The molecule has 0 aliphatic rings. The van der Waals surface area contributed by atoms with Crippen molar-refractivity contribution < 1.29 is 18.7 Å². The van der Waals surface area contributed by atoms with Gasteiger partial charge in [-0.1, -0.05) is 0 Å². The molecule has 0 radical (unpaired) electrons. The standard InChI is InChI=1S/C10H9FI2O3/c1-15-7(14)4-5-3-6(12)8(11)9(13)10(5)16-2/h3H,4H2,1-2H3. The second-order valence-corrected chi connectivity index (χ2v) is 5.17. The maximum atomic E-state index is 13.6. The van der Waals surface area contributed by atoms with E-state index in [2.05, 4.69) is 4.74 Å². The maximum absolute atomic E-state index is 13.6. The van der Waals surface area contributed by atoms with Crippen LogP contribution in [0.25, 0.3) is 0 Å². The molecule has 0 saturated heterocycles. The third-order valence-electron chi connectivity index (χ3n) is 1.96. The Bertz CT molecular complexity index is 421. The minimum Gasteiger partial charge on any atom is -0.495 e. The van der Waals surface area contributed by atoms with Gasteiger partial charge in [0, 0.05) is 5.56 Å². The molecular formula is C10H9FI2O3. The molecule has 1 aromatic rings. The predicted octanol–water partition coefficient (Wildman–Crippen LogP) is 2.76. The molecule has 0 spiro atoms. The number of halogens is 3. The Morgan fingerprint density at radius 1 is 1.44 bits per heavy atom. The zero-order valence-electron chi connectivity index (χ0n) is 8.64. The first-order valence-corrected chi connectivity index (χ1v) is 6.44. The van der Waals surface area contributed by atoms with Gasteiger partial charge in [0.25, 0.3) is 0 Å². The molecule has 0 aliphatic carbocycles. The molecule has 0 atom stereocenters. The molecule has 0 N–H and O–H groups in total. The van der Waals surface area contributed by atoms with E-state index in [-0.39, 0.29) is 18.2 Å². The fourth-order valence-corrected chi connectivity index (χ4v) is 3.23. The quantitative estimate of drug-likeness (QED) is 0.404. The van der Waals surface area contributed by atoms with Crippen molar-refractivity contribution in [3.63, 3.8) is 0 Å². The highest BCUT2D eigenvalue weighted by molar-refractivity contribution is 14.1. The predicted molar refractivity (Wildman–Crippen MR) is 74.1 cm³/mol. The van der Waals surface area contributed by atoms with Crippen molar-refractivity contribution in [2.24, 2.45) is 0 Å². The summed E-state index contributed by atoms with van der Waals surface area (Å²) in [5.41, 5.74) is 0.629. The molecule has 0 bridgehead atoms. The average molecular weight is 450 g/mol. The zero-order valence-corrected chi connectivity index (χ0v) is 13.0. The molecule has 0 unspecified atom stereocenters. The van der Waals surface area contributed by atoms with E-state index in [0.29, 0.717) is 18.5 Å². The third kappa shape index (κ3) is 2.96. The Morgan fingerprint density at radius 2 is 2.06 bits per heavy atom. The van der Waals surface area contributed by atoms with Gasteiger partial charge in [0.15, 0.2) is 5.82 Å². The number of esters is 1. The molecule has 1 rings (SSSR count). The summed E-state index contributed by atoms with van der Waals surface area (Å²) in [5, 5.41) is 0. The molecule has 0 heterocycles. The second kappa shape index (κ2) is 5.99. The monoisotopic (exact) mass is 450 g/mol. The number of methoxy groups -OCH3 is 2. The highest BCUT2D eigenvalue weighted by Crippen LogP contribution is 2.31. The van der Waals surface area contributed by atoms with Gasteiger partial charge in [0.1, 0.15) is 5.75 Å². The summed E-state index contributed by atoms with van der Waals surface area (Å²) >= 11 is 3.74. The van der Waals surface area contributed by atoms with Gasteiger partial charge < -0.3 is 9.47 Å². The van der Waals surface area contributed by atoms with Crippen LogP contribution in [0.1, 0.15) is 5.56 Å². The lowest BCUT2D eigenvalue weighted by molar-refractivity contribution is -0.139. The van der Waals surface area contributed by atoms with Crippen molar-refractivity contribution in [1.29, 1.82) is 0 Å². The summed E-state index contributed by atoms with van der Waals surface area (Å²) in [7, 11) is 2.76. The first-order chi connectivity index (χ1) is 7.51. The fraction of sp³-hybridized carbons (Fsp3) is 0.300. The number of hydrogen-bond donors (Lipinski definition) is 0. The Kier molecular flexibility index (Phi) is 5.22. The van der Waals surface area contributed by atoms with Gasteiger partial charge in [0.05, 0.1) is 27.8 Å². The van der Waals surface area contributed by atoms with Crippen LogP contribution in [0.3, 0.4) is 0 Å². The van der Waals surface area contributed by atoms with Crippen molar-refractivity contribution in [2.45, 2.75) is 6.42 Å². The number of carbonyl (C=O) groups excluding carboxylic acids is 1. The minimum absolute atomic E-state index is 0.0754. The van der Waals surface area contributed by atoms with Gasteiger partial charge in [-0.3, -0.25) is 4.79 Å². The lowest BCUT2D eigenvalue weighted by Gasteiger charge is -2.11. The number of benzene rings is 1. The Balaban J connectivity index is 3.22. The Morgan fingerprint density at radius 3 is 2.56 bits per heavy atom. The van der Waals surface area contributed by atoms with Crippen LogP contribution in [0, 0.1) is 13.0 Å². The fourth-order valence-electron chi connectivity index (χ4n) is 1.21. The molecule has 0 fully saturated rings. The van der Waals surface area contributed by atoms with E-state index in [0.717, 1.165) is 0 Å². The molecule has 0 amide bonds. The van der Waals surface area contributed by atoms with Crippen LogP contribution in [-0.2, 0) is 16.0 Å². The van der Waals surface area contributed by atoms with Crippen LogP contribution in [0.4, 0.5) is 4.39 Å². The van der Waals surface area contributed by atoms with Crippen LogP contribution < -0.4 is 4.74 Å².